The molecule has 1 rings (SSSR count). The zero-order valence-corrected chi connectivity index (χ0v) is 9.50. The molecule has 1 aromatic heterocycles. The molecular weight excluding hydrogens is 204 g/mol. The molecule has 1 heterocycles. The topological polar surface area (TPSA) is 56.6 Å². The summed E-state index contributed by atoms with van der Waals surface area (Å²) in [5.74, 6) is 0.700. The summed E-state index contributed by atoms with van der Waals surface area (Å²) in [5, 5.41) is 18.6. The van der Waals surface area contributed by atoms with E-state index in [1.807, 2.05) is 11.0 Å². The first-order valence-electron chi connectivity index (χ1n) is 5.30. The molecule has 0 radical (unpaired) electrons. The molecule has 0 amide bonds. The van der Waals surface area contributed by atoms with Crippen LogP contribution < -0.4 is 4.90 Å². The highest BCUT2D eigenvalue weighted by Gasteiger charge is 2.13. The molecule has 0 fully saturated rings. The Bertz CT molecular complexity index is 340. The van der Waals surface area contributed by atoms with E-state index in [-0.39, 0.29) is 6.61 Å². The first kappa shape index (κ1) is 12.7. The van der Waals surface area contributed by atoms with Gasteiger partial charge in [0, 0.05) is 24.8 Å². The molecule has 0 aliphatic heterocycles. The van der Waals surface area contributed by atoms with Gasteiger partial charge in [-0.3, -0.25) is 0 Å². The Kier molecular flexibility index (Phi) is 4.95. The van der Waals surface area contributed by atoms with Crippen molar-refractivity contribution in [1.82, 2.24) is 4.98 Å². The summed E-state index contributed by atoms with van der Waals surface area (Å²) < 4.78 is 0. The van der Waals surface area contributed by atoms with Gasteiger partial charge in [0.2, 0.25) is 0 Å². The van der Waals surface area contributed by atoms with E-state index < -0.39 is 6.10 Å². The van der Waals surface area contributed by atoms with Crippen LogP contribution in [0.5, 0.6) is 0 Å². The molecule has 0 spiro atoms. The van der Waals surface area contributed by atoms with Gasteiger partial charge in [-0.05, 0) is 13.0 Å². The summed E-state index contributed by atoms with van der Waals surface area (Å²) in [6.07, 6.45) is 2.85. The van der Waals surface area contributed by atoms with E-state index in [9.17, 15) is 5.11 Å². The van der Waals surface area contributed by atoms with Crippen LogP contribution in [-0.2, 0) is 0 Å². The summed E-state index contributed by atoms with van der Waals surface area (Å²) >= 11 is 0. The second-order valence-corrected chi connectivity index (χ2v) is 3.55. The summed E-state index contributed by atoms with van der Waals surface area (Å²) in [4.78, 5) is 6.13. The van der Waals surface area contributed by atoms with E-state index in [0.29, 0.717) is 18.9 Å². The summed E-state index contributed by atoms with van der Waals surface area (Å²) in [7, 11) is 0. The van der Waals surface area contributed by atoms with E-state index in [4.69, 9.17) is 5.11 Å². The first-order chi connectivity index (χ1) is 7.70. The van der Waals surface area contributed by atoms with Gasteiger partial charge in [-0.2, -0.15) is 0 Å². The smallest absolute Gasteiger partial charge is 0.134 e. The Morgan fingerprint density at radius 3 is 2.94 bits per heavy atom. The third-order valence-corrected chi connectivity index (χ3v) is 2.29. The van der Waals surface area contributed by atoms with Crippen molar-refractivity contribution in [2.45, 2.75) is 13.0 Å². The number of rotatable bonds is 6. The predicted molar refractivity (Wildman–Crippen MR) is 64.4 cm³/mol. The van der Waals surface area contributed by atoms with Gasteiger partial charge in [-0.15, -0.1) is 6.58 Å². The number of pyridine rings is 1. The molecule has 0 aliphatic carbocycles. The predicted octanol–water partition coefficient (Wildman–Crippen LogP) is 1.12. The van der Waals surface area contributed by atoms with Crippen molar-refractivity contribution < 1.29 is 10.2 Å². The molecule has 4 nitrogen and oxygen atoms in total. The molecule has 1 atom stereocenters. The monoisotopic (exact) mass is 222 g/mol. The van der Waals surface area contributed by atoms with E-state index in [0.717, 1.165) is 5.56 Å². The quantitative estimate of drug-likeness (QED) is 0.708. The lowest BCUT2D eigenvalue weighted by Crippen LogP contribution is -2.28. The maximum atomic E-state index is 9.63. The number of aromatic nitrogens is 1. The summed E-state index contributed by atoms with van der Waals surface area (Å²) in [5.41, 5.74) is 0.762. The molecule has 0 saturated heterocycles. The van der Waals surface area contributed by atoms with Crippen molar-refractivity contribution in [3.05, 3.63) is 36.5 Å². The maximum absolute atomic E-state index is 9.63. The second-order valence-electron chi connectivity index (χ2n) is 3.55. The molecule has 1 unspecified atom stereocenters. The molecule has 2 N–H and O–H groups in total. The molecule has 0 saturated carbocycles. The Morgan fingerprint density at radius 2 is 2.38 bits per heavy atom. The number of aliphatic hydroxyl groups is 2. The highest BCUT2D eigenvalue weighted by atomic mass is 16.3. The van der Waals surface area contributed by atoms with Crippen molar-refractivity contribution in [2.75, 3.05) is 24.6 Å². The number of aliphatic hydroxyl groups excluding tert-OH is 2. The zero-order chi connectivity index (χ0) is 12.0. The van der Waals surface area contributed by atoms with Gasteiger partial charge in [0.05, 0.1) is 12.7 Å². The highest BCUT2D eigenvalue weighted by molar-refractivity contribution is 5.48. The van der Waals surface area contributed by atoms with Gasteiger partial charge < -0.3 is 15.1 Å². The van der Waals surface area contributed by atoms with Gasteiger partial charge in [0.1, 0.15) is 5.82 Å². The second kappa shape index (κ2) is 6.25. The molecule has 0 aliphatic rings. The Labute approximate surface area is 95.9 Å². The van der Waals surface area contributed by atoms with Crippen LogP contribution in [-0.4, -0.2) is 34.9 Å². The fourth-order valence-corrected chi connectivity index (χ4v) is 1.56. The van der Waals surface area contributed by atoms with Crippen LogP contribution in [0, 0.1) is 0 Å². The number of hydrogen-bond acceptors (Lipinski definition) is 4. The minimum absolute atomic E-state index is 0.0453. The standard InChI is InChI=1S/C12H18N2O2/c1-3-7-14(8-9-15)12-11(10(2)16)5-4-6-13-12/h3-6,10,15-16H,1,7-9H2,2H3. The van der Waals surface area contributed by atoms with Gasteiger partial charge in [-0.1, -0.05) is 12.1 Å². The van der Waals surface area contributed by atoms with E-state index in [2.05, 4.69) is 11.6 Å². The lowest BCUT2D eigenvalue weighted by Gasteiger charge is -2.24. The van der Waals surface area contributed by atoms with Crippen molar-refractivity contribution in [3.63, 3.8) is 0 Å². The maximum Gasteiger partial charge on any atom is 0.134 e. The van der Waals surface area contributed by atoms with Crippen LogP contribution in [0.15, 0.2) is 31.0 Å². The third kappa shape index (κ3) is 3.05. The lowest BCUT2D eigenvalue weighted by atomic mass is 10.1. The Hall–Kier alpha value is -1.39. The minimum atomic E-state index is -0.574. The zero-order valence-electron chi connectivity index (χ0n) is 9.50. The molecule has 0 aromatic carbocycles. The molecular formula is C12H18N2O2. The van der Waals surface area contributed by atoms with Crippen molar-refractivity contribution in [2.24, 2.45) is 0 Å². The number of hydrogen-bond donors (Lipinski definition) is 2. The fraction of sp³-hybridized carbons (Fsp3) is 0.417. The largest absolute Gasteiger partial charge is 0.395 e. The van der Waals surface area contributed by atoms with Gasteiger partial charge in [-0.25, -0.2) is 4.98 Å². The van der Waals surface area contributed by atoms with Crippen LogP contribution in [0.1, 0.15) is 18.6 Å². The molecule has 1 aromatic rings. The fourth-order valence-electron chi connectivity index (χ4n) is 1.56. The van der Waals surface area contributed by atoms with Crippen molar-refractivity contribution in [3.8, 4) is 0 Å². The SMILES string of the molecule is C=CCN(CCO)c1ncccc1C(C)O. The summed E-state index contributed by atoms with van der Waals surface area (Å²) in [6, 6.07) is 3.62. The Balaban J connectivity index is 3.01. The molecule has 0 bridgehead atoms. The Morgan fingerprint density at radius 1 is 1.62 bits per heavy atom. The average molecular weight is 222 g/mol. The minimum Gasteiger partial charge on any atom is -0.395 e. The molecule has 88 valence electrons. The van der Waals surface area contributed by atoms with Crippen LogP contribution in [0.3, 0.4) is 0 Å². The van der Waals surface area contributed by atoms with Crippen molar-refractivity contribution >= 4 is 5.82 Å². The first-order valence-corrected chi connectivity index (χ1v) is 5.30. The number of nitrogens with zero attached hydrogens (tertiary/aromatic N) is 2. The molecule has 4 heteroatoms. The van der Waals surface area contributed by atoms with E-state index in [1.54, 1.807) is 25.3 Å². The van der Waals surface area contributed by atoms with Gasteiger partial charge in [0.25, 0.3) is 0 Å². The summed E-state index contributed by atoms with van der Waals surface area (Å²) in [6.45, 7) is 6.48. The van der Waals surface area contributed by atoms with Crippen LogP contribution in [0.25, 0.3) is 0 Å². The highest BCUT2D eigenvalue weighted by Crippen LogP contribution is 2.23. The number of anilines is 1. The van der Waals surface area contributed by atoms with E-state index in [1.165, 1.54) is 0 Å². The van der Waals surface area contributed by atoms with Crippen LogP contribution in [0.2, 0.25) is 0 Å². The molecule has 16 heavy (non-hydrogen) atoms. The van der Waals surface area contributed by atoms with Crippen LogP contribution >= 0.6 is 0 Å². The van der Waals surface area contributed by atoms with Crippen LogP contribution in [0.4, 0.5) is 5.82 Å². The van der Waals surface area contributed by atoms with Gasteiger partial charge >= 0.3 is 0 Å². The lowest BCUT2D eigenvalue weighted by molar-refractivity contribution is 0.199. The van der Waals surface area contributed by atoms with E-state index >= 15 is 0 Å². The normalized spacial score (nSPS) is 12.2. The van der Waals surface area contributed by atoms with Gasteiger partial charge in [0.15, 0.2) is 0 Å². The van der Waals surface area contributed by atoms with Crippen molar-refractivity contribution in [1.29, 1.82) is 0 Å². The average Bonchev–Trinajstić information content (AvgIpc) is 2.29. The third-order valence-electron chi connectivity index (χ3n) is 2.29.